The first-order valence-corrected chi connectivity index (χ1v) is 8.34. The zero-order chi connectivity index (χ0) is 17.0. The summed E-state index contributed by atoms with van der Waals surface area (Å²) in [6.45, 7) is 0. The minimum Gasteiger partial charge on any atom is -0.390 e. The molecule has 0 saturated carbocycles. The first kappa shape index (κ1) is 14.6. The van der Waals surface area contributed by atoms with E-state index in [9.17, 15) is 5.11 Å². The molecule has 2 fully saturated rings. The maximum absolute atomic E-state index is 9.83. The van der Waals surface area contributed by atoms with Gasteiger partial charge < -0.3 is 20.9 Å². The van der Waals surface area contributed by atoms with Gasteiger partial charge in [-0.05, 0) is 24.6 Å². The number of ether oxygens (including phenoxy) is 1. The van der Waals surface area contributed by atoms with Gasteiger partial charge in [0.1, 0.15) is 5.82 Å². The lowest BCUT2D eigenvalue weighted by molar-refractivity contribution is 0.0535. The summed E-state index contributed by atoms with van der Waals surface area (Å²) < 4.78 is 5.78. The predicted octanol–water partition coefficient (Wildman–Crippen LogP) is 1.30. The van der Waals surface area contributed by atoms with E-state index in [1.807, 2.05) is 24.3 Å². The molecular formula is C17H18N6O2. The van der Waals surface area contributed by atoms with Crippen molar-refractivity contribution >= 4 is 22.7 Å². The number of rotatable bonds is 3. The van der Waals surface area contributed by atoms with Gasteiger partial charge >= 0.3 is 0 Å². The molecule has 1 aromatic carbocycles. The summed E-state index contributed by atoms with van der Waals surface area (Å²) in [5, 5.41) is 21.1. The number of hydrogen-bond acceptors (Lipinski definition) is 7. The quantitative estimate of drug-likeness (QED) is 0.568. The Hall–Kier alpha value is -2.71. The number of nitrogens with two attached hydrogens (primary N) is 1. The number of anilines is 2. The summed E-state index contributed by atoms with van der Waals surface area (Å²) in [5.41, 5.74) is 8.59. The topological polar surface area (TPSA) is 122 Å². The highest BCUT2D eigenvalue weighted by Crippen LogP contribution is 2.37. The fraction of sp³-hybridized carbons (Fsp3) is 0.353. The van der Waals surface area contributed by atoms with Gasteiger partial charge in [-0.15, -0.1) is 0 Å². The Labute approximate surface area is 143 Å². The summed E-state index contributed by atoms with van der Waals surface area (Å²) in [6, 6.07) is 7.98. The van der Waals surface area contributed by atoms with E-state index in [1.54, 1.807) is 6.20 Å². The third-order valence-corrected chi connectivity index (χ3v) is 5.04. The van der Waals surface area contributed by atoms with Crippen molar-refractivity contribution in [3.8, 4) is 11.3 Å². The molecule has 0 unspecified atom stereocenters. The van der Waals surface area contributed by atoms with Crippen molar-refractivity contribution in [1.82, 2.24) is 20.2 Å². The summed E-state index contributed by atoms with van der Waals surface area (Å²) in [5.74, 6) is 0.926. The zero-order valence-corrected chi connectivity index (χ0v) is 13.4. The van der Waals surface area contributed by atoms with Crippen LogP contribution in [0.1, 0.15) is 12.8 Å². The maximum atomic E-state index is 9.83. The maximum Gasteiger partial charge on any atom is 0.222 e. The van der Waals surface area contributed by atoms with Crippen molar-refractivity contribution < 1.29 is 9.84 Å². The highest BCUT2D eigenvalue weighted by molar-refractivity contribution is 5.92. The van der Waals surface area contributed by atoms with Gasteiger partial charge in [-0.1, -0.05) is 6.07 Å². The Kier molecular flexibility index (Phi) is 3.16. The number of benzene rings is 1. The summed E-state index contributed by atoms with van der Waals surface area (Å²) in [6.07, 6.45) is 2.71. The van der Waals surface area contributed by atoms with Crippen LogP contribution in [-0.4, -0.2) is 49.6 Å². The molecule has 0 spiro atoms. The van der Waals surface area contributed by atoms with Crippen molar-refractivity contribution in [3.05, 3.63) is 30.5 Å². The number of aliphatic hydroxyl groups is 1. The van der Waals surface area contributed by atoms with E-state index in [0.29, 0.717) is 12.2 Å². The van der Waals surface area contributed by atoms with Crippen LogP contribution in [-0.2, 0) is 4.74 Å². The van der Waals surface area contributed by atoms with Crippen molar-refractivity contribution in [3.63, 3.8) is 0 Å². The molecule has 8 heteroatoms. The molecule has 0 aliphatic carbocycles. The standard InChI is InChI=1S/C17H18N6O2/c18-17-21-11-5-8(10-3-4-19-23-10)1-2-9(11)16(22-17)20-12-6-15-13(24)7-14(12)25-15/h1-5,12-15,24H,6-7H2,(H,19,23)(H3,18,20,21,22)/t12-,13-,14+,15+/m0/s1. The Balaban J connectivity index is 1.50. The van der Waals surface area contributed by atoms with Crippen LogP contribution in [0, 0.1) is 0 Å². The van der Waals surface area contributed by atoms with E-state index in [4.69, 9.17) is 10.5 Å². The first-order valence-electron chi connectivity index (χ1n) is 8.34. The molecule has 4 heterocycles. The number of aliphatic hydroxyl groups excluding tert-OH is 1. The normalized spacial score (nSPS) is 27.9. The number of aromatic amines is 1. The second kappa shape index (κ2) is 5.40. The minimum atomic E-state index is -0.354. The average Bonchev–Trinajstić information content (AvgIpc) is 3.31. The number of nitrogen functional groups attached to an aromatic ring is 1. The van der Waals surface area contributed by atoms with Crippen molar-refractivity contribution in [2.45, 2.75) is 37.2 Å². The first-order chi connectivity index (χ1) is 12.2. The van der Waals surface area contributed by atoms with Crippen LogP contribution < -0.4 is 11.1 Å². The fourth-order valence-corrected chi connectivity index (χ4v) is 3.80. The number of fused-ring (bicyclic) bond motifs is 3. The molecule has 2 saturated heterocycles. The molecular weight excluding hydrogens is 320 g/mol. The highest BCUT2D eigenvalue weighted by Gasteiger charge is 2.46. The summed E-state index contributed by atoms with van der Waals surface area (Å²) in [7, 11) is 0. The Morgan fingerprint density at radius 1 is 1.20 bits per heavy atom. The number of H-pyrrole nitrogens is 1. The van der Waals surface area contributed by atoms with Crippen LogP contribution in [0.3, 0.4) is 0 Å². The van der Waals surface area contributed by atoms with E-state index in [2.05, 4.69) is 25.5 Å². The van der Waals surface area contributed by atoms with Gasteiger partial charge in [-0.2, -0.15) is 10.1 Å². The van der Waals surface area contributed by atoms with Crippen LogP contribution >= 0.6 is 0 Å². The Morgan fingerprint density at radius 3 is 2.84 bits per heavy atom. The second-order valence-corrected chi connectivity index (χ2v) is 6.64. The zero-order valence-electron chi connectivity index (χ0n) is 13.4. The molecule has 5 N–H and O–H groups in total. The average molecular weight is 338 g/mol. The number of nitrogens with one attached hydrogen (secondary N) is 2. The van der Waals surface area contributed by atoms with Crippen LogP contribution in [0.2, 0.25) is 0 Å². The molecule has 128 valence electrons. The van der Waals surface area contributed by atoms with Gasteiger partial charge in [0.2, 0.25) is 5.95 Å². The molecule has 2 aromatic heterocycles. The van der Waals surface area contributed by atoms with Gasteiger partial charge in [0.25, 0.3) is 0 Å². The molecule has 2 aliphatic heterocycles. The van der Waals surface area contributed by atoms with E-state index in [-0.39, 0.29) is 30.3 Å². The van der Waals surface area contributed by atoms with Crippen molar-refractivity contribution in [2.24, 2.45) is 0 Å². The molecule has 0 radical (unpaired) electrons. The summed E-state index contributed by atoms with van der Waals surface area (Å²) >= 11 is 0. The van der Waals surface area contributed by atoms with Crippen LogP contribution in [0.25, 0.3) is 22.2 Å². The lowest BCUT2D eigenvalue weighted by Crippen LogP contribution is -2.36. The van der Waals surface area contributed by atoms with Crippen molar-refractivity contribution in [1.29, 1.82) is 0 Å². The summed E-state index contributed by atoms with van der Waals surface area (Å²) in [4.78, 5) is 8.74. The molecule has 25 heavy (non-hydrogen) atoms. The molecule has 2 aliphatic rings. The largest absolute Gasteiger partial charge is 0.390 e. The Bertz CT molecular complexity index is 926. The molecule has 0 amide bonds. The molecule has 8 nitrogen and oxygen atoms in total. The number of nitrogens with zero attached hydrogens (tertiary/aromatic N) is 3. The fourth-order valence-electron chi connectivity index (χ4n) is 3.80. The van der Waals surface area contributed by atoms with Gasteiger partial charge in [0, 0.05) is 23.6 Å². The van der Waals surface area contributed by atoms with Crippen LogP contribution in [0.4, 0.5) is 11.8 Å². The Morgan fingerprint density at radius 2 is 2.12 bits per heavy atom. The molecule has 5 rings (SSSR count). The van der Waals surface area contributed by atoms with E-state index in [0.717, 1.165) is 28.6 Å². The monoisotopic (exact) mass is 338 g/mol. The predicted molar refractivity (Wildman–Crippen MR) is 92.8 cm³/mol. The third kappa shape index (κ3) is 2.41. The van der Waals surface area contributed by atoms with Crippen LogP contribution in [0.15, 0.2) is 30.5 Å². The lowest BCUT2D eigenvalue weighted by Gasteiger charge is -2.23. The molecule has 2 bridgehead atoms. The van der Waals surface area contributed by atoms with E-state index in [1.165, 1.54) is 0 Å². The van der Waals surface area contributed by atoms with Crippen LogP contribution in [0.5, 0.6) is 0 Å². The minimum absolute atomic E-state index is 0.00973. The smallest absolute Gasteiger partial charge is 0.222 e. The number of hydrogen-bond donors (Lipinski definition) is 4. The molecule has 4 atom stereocenters. The SMILES string of the molecule is Nc1nc(N[C@H]2C[C@H]3O[C@@H]2C[C@@H]3O)c2ccc(-c3ccn[nH]3)cc2n1. The highest BCUT2D eigenvalue weighted by atomic mass is 16.5. The molecule has 3 aromatic rings. The van der Waals surface area contributed by atoms with E-state index < -0.39 is 0 Å². The van der Waals surface area contributed by atoms with Gasteiger partial charge in [-0.25, -0.2) is 4.98 Å². The second-order valence-electron chi connectivity index (χ2n) is 6.64. The van der Waals surface area contributed by atoms with Gasteiger partial charge in [0.05, 0.1) is 35.6 Å². The lowest BCUT2D eigenvalue weighted by atomic mass is 9.93. The van der Waals surface area contributed by atoms with Gasteiger partial charge in [-0.3, -0.25) is 5.10 Å². The number of aromatic nitrogens is 4. The van der Waals surface area contributed by atoms with Crippen molar-refractivity contribution in [2.75, 3.05) is 11.1 Å². The van der Waals surface area contributed by atoms with E-state index >= 15 is 0 Å². The van der Waals surface area contributed by atoms with Gasteiger partial charge in [0.15, 0.2) is 0 Å². The third-order valence-electron chi connectivity index (χ3n) is 5.04.